The Labute approximate surface area is 183 Å². The smallest absolute Gasteiger partial charge is 0.140 e. The molecule has 5 heteroatoms. The van der Waals surface area contributed by atoms with E-state index in [4.69, 9.17) is 9.72 Å². The molecule has 0 spiro atoms. The molecule has 0 saturated heterocycles. The predicted molar refractivity (Wildman–Crippen MR) is 125 cm³/mol. The van der Waals surface area contributed by atoms with Crippen LogP contribution in [0.4, 0.5) is 0 Å². The molecule has 2 aromatic heterocycles. The van der Waals surface area contributed by atoms with Gasteiger partial charge in [-0.05, 0) is 68.7 Å². The normalized spacial score (nSPS) is 11.2. The molecule has 4 rings (SSSR count). The van der Waals surface area contributed by atoms with Gasteiger partial charge in [-0.1, -0.05) is 12.1 Å². The van der Waals surface area contributed by atoms with Crippen molar-refractivity contribution in [1.29, 1.82) is 0 Å². The van der Waals surface area contributed by atoms with Crippen molar-refractivity contribution in [3.05, 3.63) is 71.2 Å². The van der Waals surface area contributed by atoms with Crippen LogP contribution in [0.15, 0.2) is 48.7 Å². The highest BCUT2D eigenvalue weighted by Gasteiger charge is 2.14. The van der Waals surface area contributed by atoms with E-state index < -0.39 is 0 Å². The van der Waals surface area contributed by atoms with Gasteiger partial charge in [-0.3, -0.25) is 4.79 Å². The van der Waals surface area contributed by atoms with E-state index in [1.54, 1.807) is 7.11 Å². The van der Waals surface area contributed by atoms with Crippen LogP contribution in [0, 0.1) is 13.8 Å². The van der Waals surface area contributed by atoms with Gasteiger partial charge in [0.15, 0.2) is 0 Å². The number of fused-ring (bicyclic) bond motifs is 1. The number of benzene rings is 2. The van der Waals surface area contributed by atoms with Crippen molar-refractivity contribution >= 4 is 16.7 Å². The first-order chi connectivity index (χ1) is 15.0. The number of aromatic amines is 1. The van der Waals surface area contributed by atoms with E-state index in [2.05, 4.69) is 48.5 Å². The molecule has 5 nitrogen and oxygen atoms in total. The number of ether oxygens (including phenoxy) is 1. The predicted octanol–water partition coefficient (Wildman–Crippen LogP) is 5.42. The Hall–Kier alpha value is -3.34. The van der Waals surface area contributed by atoms with Gasteiger partial charge in [0, 0.05) is 53.4 Å². The van der Waals surface area contributed by atoms with E-state index in [0.29, 0.717) is 19.3 Å². The molecule has 0 unspecified atom stereocenters. The molecule has 0 fully saturated rings. The van der Waals surface area contributed by atoms with Crippen LogP contribution in [-0.4, -0.2) is 27.4 Å². The third-order valence-corrected chi connectivity index (χ3v) is 6.04. The van der Waals surface area contributed by atoms with Gasteiger partial charge in [-0.15, -0.1) is 0 Å². The molecule has 31 heavy (non-hydrogen) atoms. The number of nitrogens with zero attached hydrogens (tertiary/aromatic N) is 2. The fourth-order valence-electron chi connectivity index (χ4n) is 4.12. The zero-order valence-electron chi connectivity index (χ0n) is 18.7. The van der Waals surface area contributed by atoms with Gasteiger partial charge in [0.05, 0.1) is 7.11 Å². The van der Waals surface area contributed by atoms with Crippen molar-refractivity contribution in [1.82, 2.24) is 14.5 Å². The lowest BCUT2D eigenvalue weighted by atomic mass is 10.0. The third kappa shape index (κ3) is 4.26. The van der Waals surface area contributed by atoms with Crippen molar-refractivity contribution in [3.63, 3.8) is 0 Å². The highest BCUT2D eigenvalue weighted by molar-refractivity contribution is 5.88. The van der Waals surface area contributed by atoms with Gasteiger partial charge in [0.1, 0.15) is 17.4 Å². The van der Waals surface area contributed by atoms with E-state index in [-0.39, 0.29) is 5.78 Å². The average molecular weight is 416 g/mol. The highest BCUT2D eigenvalue weighted by Crippen LogP contribution is 2.28. The molecule has 0 bridgehead atoms. The van der Waals surface area contributed by atoms with Crippen molar-refractivity contribution in [2.75, 3.05) is 7.11 Å². The number of rotatable bonds is 8. The van der Waals surface area contributed by atoms with E-state index in [1.165, 1.54) is 16.6 Å². The number of carbonyl (C=O) groups excluding carboxylic acids is 1. The number of Topliss-reactive ketones (excluding diaryl/α,β-unsaturated/α-hetero) is 1. The number of ketones is 1. The van der Waals surface area contributed by atoms with Crippen LogP contribution in [0.2, 0.25) is 0 Å². The largest absolute Gasteiger partial charge is 0.497 e. The first kappa shape index (κ1) is 20.9. The molecular formula is C26H29N3O2. The molecule has 2 aromatic carbocycles. The van der Waals surface area contributed by atoms with Crippen LogP contribution < -0.4 is 4.74 Å². The van der Waals surface area contributed by atoms with Crippen LogP contribution in [0.3, 0.4) is 0 Å². The van der Waals surface area contributed by atoms with Crippen LogP contribution in [0.1, 0.15) is 35.9 Å². The Morgan fingerprint density at radius 3 is 2.61 bits per heavy atom. The van der Waals surface area contributed by atoms with Gasteiger partial charge >= 0.3 is 0 Å². The topological polar surface area (TPSA) is 59.9 Å². The first-order valence-corrected chi connectivity index (χ1v) is 10.8. The number of H-pyrrole nitrogens is 1. The number of aromatic nitrogens is 3. The number of hydrogen-bond acceptors (Lipinski definition) is 3. The highest BCUT2D eigenvalue weighted by atomic mass is 16.5. The van der Waals surface area contributed by atoms with Crippen molar-refractivity contribution < 1.29 is 9.53 Å². The molecule has 4 aromatic rings. The van der Waals surface area contributed by atoms with E-state index in [1.807, 2.05) is 30.5 Å². The molecule has 1 N–H and O–H groups in total. The molecule has 0 radical (unpaired) electrons. The Kier molecular flexibility index (Phi) is 5.94. The number of imidazole rings is 1. The summed E-state index contributed by atoms with van der Waals surface area (Å²) in [5.74, 6) is 1.99. The second-order valence-corrected chi connectivity index (χ2v) is 8.02. The number of aryl methyl sites for hydroxylation is 3. The minimum Gasteiger partial charge on any atom is -0.497 e. The Morgan fingerprint density at radius 2 is 1.90 bits per heavy atom. The second kappa shape index (κ2) is 8.80. The van der Waals surface area contributed by atoms with Gasteiger partial charge in [-0.25, -0.2) is 4.98 Å². The number of carbonyl (C=O) groups is 1. The standard InChI is InChI=1S/C26H29N3O2/c1-5-29-21(9-10-22(30)14-19-6-11-23(31-4)12-7-19)16-27-26(29)20-8-13-25-24(15-20)17(2)18(3)28-25/h6-8,11-13,15-16,28H,5,9-10,14H2,1-4H3. The molecular weight excluding hydrogens is 386 g/mol. The lowest BCUT2D eigenvalue weighted by Gasteiger charge is -2.10. The summed E-state index contributed by atoms with van der Waals surface area (Å²) in [5.41, 5.74) is 6.84. The SMILES string of the molecule is CCn1c(CCC(=O)Cc2ccc(OC)cc2)cnc1-c1ccc2[nH]c(C)c(C)c2c1. The maximum absolute atomic E-state index is 12.5. The van der Waals surface area contributed by atoms with Crippen molar-refractivity contribution in [2.45, 2.75) is 46.6 Å². The summed E-state index contributed by atoms with van der Waals surface area (Å²) in [5, 5.41) is 1.23. The van der Waals surface area contributed by atoms with Crippen LogP contribution in [-0.2, 0) is 24.2 Å². The quantitative estimate of drug-likeness (QED) is 0.418. The summed E-state index contributed by atoms with van der Waals surface area (Å²) in [6.45, 7) is 7.19. The molecule has 2 heterocycles. The molecule has 0 amide bonds. The number of hydrogen-bond donors (Lipinski definition) is 1. The number of methoxy groups -OCH3 is 1. The third-order valence-electron chi connectivity index (χ3n) is 6.04. The monoisotopic (exact) mass is 415 g/mol. The maximum atomic E-state index is 12.5. The summed E-state index contributed by atoms with van der Waals surface area (Å²) in [6, 6.07) is 14.1. The van der Waals surface area contributed by atoms with E-state index >= 15 is 0 Å². The zero-order chi connectivity index (χ0) is 22.0. The second-order valence-electron chi connectivity index (χ2n) is 8.02. The van der Waals surface area contributed by atoms with Crippen LogP contribution in [0.25, 0.3) is 22.3 Å². The van der Waals surface area contributed by atoms with Crippen molar-refractivity contribution in [2.24, 2.45) is 0 Å². The molecule has 0 atom stereocenters. The summed E-state index contributed by atoms with van der Waals surface area (Å²) in [4.78, 5) is 20.7. The summed E-state index contributed by atoms with van der Waals surface area (Å²) in [7, 11) is 1.64. The maximum Gasteiger partial charge on any atom is 0.140 e. The van der Waals surface area contributed by atoms with Gasteiger partial charge in [0.2, 0.25) is 0 Å². The molecule has 0 aliphatic heterocycles. The fourth-order valence-corrected chi connectivity index (χ4v) is 4.12. The lowest BCUT2D eigenvalue weighted by Crippen LogP contribution is -2.08. The molecule has 0 aliphatic rings. The van der Waals surface area contributed by atoms with Crippen LogP contribution in [0.5, 0.6) is 5.75 Å². The zero-order valence-corrected chi connectivity index (χ0v) is 18.7. The molecule has 0 saturated carbocycles. The Balaban J connectivity index is 1.49. The minimum atomic E-state index is 0.232. The molecule has 160 valence electrons. The minimum absolute atomic E-state index is 0.232. The van der Waals surface area contributed by atoms with E-state index in [0.717, 1.165) is 40.5 Å². The summed E-state index contributed by atoms with van der Waals surface area (Å²) < 4.78 is 7.40. The summed E-state index contributed by atoms with van der Waals surface area (Å²) in [6.07, 6.45) is 3.56. The Bertz CT molecular complexity index is 1220. The average Bonchev–Trinajstić information content (AvgIpc) is 3.32. The number of nitrogens with one attached hydrogen (secondary N) is 1. The molecule has 0 aliphatic carbocycles. The first-order valence-electron chi connectivity index (χ1n) is 10.8. The van der Waals surface area contributed by atoms with E-state index in [9.17, 15) is 4.79 Å². The Morgan fingerprint density at radius 1 is 1.13 bits per heavy atom. The van der Waals surface area contributed by atoms with Gasteiger partial charge in [-0.2, -0.15) is 0 Å². The lowest BCUT2D eigenvalue weighted by molar-refractivity contribution is -0.118. The summed E-state index contributed by atoms with van der Waals surface area (Å²) >= 11 is 0. The van der Waals surface area contributed by atoms with Crippen molar-refractivity contribution in [3.8, 4) is 17.1 Å². The van der Waals surface area contributed by atoms with Gasteiger partial charge < -0.3 is 14.3 Å². The van der Waals surface area contributed by atoms with Gasteiger partial charge in [0.25, 0.3) is 0 Å². The fraction of sp³-hybridized carbons (Fsp3) is 0.308. The van der Waals surface area contributed by atoms with Crippen LogP contribution >= 0.6 is 0 Å².